The highest BCUT2D eigenvalue weighted by molar-refractivity contribution is 5.99. The summed E-state index contributed by atoms with van der Waals surface area (Å²) in [5, 5.41) is 7.22. The fourth-order valence-electron chi connectivity index (χ4n) is 2.65. The topological polar surface area (TPSA) is 85.3 Å². The summed E-state index contributed by atoms with van der Waals surface area (Å²) in [6.07, 6.45) is 7.21. The van der Waals surface area contributed by atoms with Crippen LogP contribution in [-0.4, -0.2) is 32.6 Å². The summed E-state index contributed by atoms with van der Waals surface area (Å²) < 4.78 is 1.62. The van der Waals surface area contributed by atoms with Crippen molar-refractivity contribution in [3.8, 4) is 0 Å². The summed E-state index contributed by atoms with van der Waals surface area (Å²) in [6.45, 7) is 1.90. The standard InChI is InChI=1S/C14H19N5O.ClH/c1-9-6-7-19-13(17-9)12(8-16-19)14(20)18-11-4-2-10(15)3-5-11;/h6-8,10-11H,2-5,15H2,1H3,(H,18,20);1H. The highest BCUT2D eigenvalue weighted by Crippen LogP contribution is 2.18. The van der Waals surface area contributed by atoms with Gasteiger partial charge in [-0.15, -0.1) is 12.4 Å². The molecule has 114 valence electrons. The van der Waals surface area contributed by atoms with E-state index in [0.717, 1.165) is 31.4 Å². The summed E-state index contributed by atoms with van der Waals surface area (Å²) in [5.74, 6) is -0.0985. The molecule has 1 saturated carbocycles. The number of aryl methyl sites for hydroxylation is 1. The zero-order valence-electron chi connectivity index (χ0n) is 12.0. The van der Waals surface area contributed by atoms with Gasteiger partial charge in [-0.1, -0.05) is 0 Å². The number of rotatable bonds is 2. The van der Waals surface area contributed by atoms with Gasteiger partial charge >= 0.3 is 0 Å². The zero-order chi connectivity index (χ0) is 14.1. The van der Waals surface area contributed by atoms with Crippen molar-refractivity contribution in [2.45, 2.75) is 44.7 Å². The molecule has 1 aliphatic carbocycles. The smallest absolute Gasteiger partial charge is 0.256 e. The summed E-state index contributed by atoms with van der Waals surface area (Å²) in [6, 6.07) is 2.36. The van der Waals surface area contributed by atoms with Crippen molar-refractivity contribution in [3.63, 3.8) is 0 Å². The van der Waals surface area contributed by atoms with E-state index in [1.807, 2.05) is 19.2 Å². The number of nitrogens with zero attached hydrogens (tertiary/aromatic N) is 3. The summed E-state index contributed by atoms with van der Waals surface area (Å²) >= 11 is 0. The van der Waals surface area contributed by atoms with Crippen molar-refractivity contribution in [1.82, 2.24) is 19.9 Å². The third-order valence-electron chi connectivity index (χ3n) is 3.86. The molecule has 0 radical (unpaired) electrons. The van der Waals surface area contributed by atoms with Gasteiger partial charge in [0.15, 0.2) is 5.65 Å². The Balaban J connectivity index is 0.00000161. The molecule has 1 aliphatic rings. The SMILES string of the molecule is Cc1ccn2ncc(C(=O)NC3CCC(N)CC3)c2n1.Cl. The van der Waals surface area contributed by atoms with Crippen molar-refractivity contribution < 1.29 is 4.79 Å². The Hall–Kier alpha value is -1.66. The van der Waals surface area contributed by atoms with Crippen molar-refractivity contribution >= 4 is 24.0 Å². The first-order chi connectivity index (χ1) is 9.63. The molecule has 0 spiro atoms. The quantitative estimate of drug-likeness (QED) is 0.879. The minimum absolute atomic E-state index is 0. The molecule has 21 heavy (non-hydrogen) atoms. The fourth-order valence-corrected chi connectivity index (χ4v) is 2.65. The number of nitrogens with two attached hydrogens (primary N) is 1. The van der Waals surface area contributed by atoms with E-state index in [1.165, 1.54) is 0 Å². The first kappa shape index (κ1) is 15.7. The summed E-state index contributed by atoms with van der Waals surface area (Å²) in [4.78, 5) is 16.7. The Morgan fingerprint density at radius 3 is 2.81 bits per heavy atom. The van der Waals surface area contributed by atoms with Gasteiger partial charge in [-0.25, -0.2) is 9.50 Å². The highest BCUT2D eigenvalue weighted by Gasteiger charge is 2.22. The van der Waals surface area contributed by atoms with E-state index < -0.39 is 0 Å². The molecule has 0 unspecified atom stereocenters. The van der Waals surface area contributed by atoms with E-state index in [1.54, 1.807) is 10.7 Å². The van der Waals surface area contributed by atoms with Gasteiger partial charge in [-0.2, -0.15) is 5.10 Å². The van der Waals surface area contributed by atoms with E-state index in [-0.39, 0.29) is 30.4 Å². The number of amides is 1. The number of hydrogen-bond donors (Lipinski definition) is 2. The minimum atomic E-state index is -0.0985. The van der Waals surface area contributed by atoms with Gasteiger partial charge in [0.25, 0.3) is 5.91 Å². The van der Waals surface area contributed by atoms with E-state index in [0.29, 0.717) is 11.2 Å². The van der Waals surface area contributed by atoms with Crippen molar-refractivity contribution in [3.05, 3.63) is 29.7 Å². The van der Waals surface area contributed by atoms with Crippen molar-refractivity contribution in [2.24, 2.45) is 5.73 Å². The van der Waals surface area contributed by atoms with E-state index >= 15 is 0 Å². The molecule has 2 aromatic rings. The van der Waals surface area contributed by atoms with Crippen molar-refractivity contribution in [1.29, 1.82) is 0 Å². The Morgan fingerprint density at radius 1 is 1.38 bits per heavy atom. The number of nitrogens with one attached hydrogen (secondary N) is 1. The van der Waals surface area contributed by atoms with Crippen LogP contribution in [0.25, 0.3) is 5.65 Å². The predicted molar refractivity (Wildman–Crippen MR) is 82.7 cm³/mol. The van der Waals surface area contributed by atoms with Crippen LogP contribution in [0.15, 0.2) is 18.5 Å². The maximum atomic E-state index is 12.3. The summed E-state index contributed by atoms with van der Waals surface area (Å²) in [7, 11) is 0. The van der Waals surface area contributed by atoms with Crippen LogP contribution in [0.4, 0.5) is 0 Å². The second-order valence-electron chi connectivity index (χ2n) is 5.48. The molecule has 0 saturated heterocycles. The molecular weight excluding hydrogens is 290 g/mol. The Bertz CT molecular complexity index is 633. The van der Waals surface area contributed by atoms with Crippen LogP contribution in [0, 0.1) is 6.92 Å². The first-order valence-corrected chi connectivity index (χ1v) is 7.01. The predicted octanol–water partition coefficient (Wildman–Crippen LogP) is 1.46. The molecule has 0 aromatic carbocycles. The van der Waals surface area contributed by atoms with E-state index in [4.69, 9.17) is 5.73 Å². The lowest BCUT2D eigenvalue weighted by molar-refractivity contribution is 0.0927. The highest BCUT2D eigenvalue weighted by atomic mass is 35.5. The van der Waals surface area contributed by atoms with Gasteiger partial charge < -0.3 is 11.1 Å². The summed E-state index contributed by atoms with van der Waals surface area (Å²) in [5.41, 5.74) is 7.89. The molecule has 2 heterocycles. The van der Waals surface area contributed by atoms with Crippen LogP contribution in [0.5, 0.6) is 0 Å². The molecule has 0 aliphatic heterocycles. The second-order valence-corrected chi connectivity index (χ2v) is 5.48. The monoisotopic (exact) mass is 309 g/mol. The maximum Gasteiger partial charge on any atom is 0.256 e. The van der Waals surface area contributed by atoms with Crippen LogP contribution in [0.1, 0.15) is 41.7 Å². The lowest BCUT2D eigenvalue weighted by Crippen LogP contribution is -2.40. The number of halogens is 1. The zero-order valence-corrected chi connectivity index (χ0v) is 12.8. The molecule has 6 nitrogen and oxygen atoms in total. The van der Waals surface area contributed by atoms with Gasteiger partial charge in [-0.05, 0) is 38.7 Å². The second kappa shape index (κ2) is 6.41. The molecular formula is C14H20ClN5O. The average molecular weight is 310 g/mol. The van der Waals surface area contributed by atoms with Crippen LogP contribution < -0.4 is 11.1 Å². The van der Waals surface area contributed by atoms with E-state index in [9.17, 15) is 4.79 Å². The van der Waals surface area contributed by atoms with Gasteiger partial charge in [-0.3, -0.25) is 4.79 Å². The molecule has 3 N–H and O–H groups in total. The van der Waals surface area contributed by atoms with Gasteiger partial charge in [0.05, 0.1) is 6.20 Å². The maximum absolute atomic E-state index is 12.3. The molecule has 1 amide bonds. The lowest BCUT2D eigenvalue weighted by Gasteiger charge is -2.26. The van der Waals surface area contributed by atoms with E-state index in [2.05, 4.69) is 15.4 Å². The number of hydrogen-bond acceptors (Lipinski definition) is 4. The number of fused-ring (bicyclic) bond motifs is 1. The van der Waals surface area contributed by atoms with Crippen LogP contribution >= 0.6 is 12.4 Å². The molecule has 1 fully saturated rings. The minimum Gasteiger partial charge on any atom is -0.349 e. The van der Waals surface area contributed by atoms with Crippen LogP contribution in [0.2, 0.25) is 0 Å². The first-order valence-electron chi connectivity index (χ1n) is 7.01. The largest absolute Gasteiger partial charge is 0.349 e. The molecule has 0 atom stereocenters. The number of carbonyl (C=O) groups is 1. The average Bonchev–Trinajstić information content (AvgIpc) is 2.84. The third-order valence-corrected chi connectivity index (χ3v) is 3.86. The third kappa shape index (κ3) is 3.33. The lowest BCUT2D eigenvalue weighted by atomic mass is 9.92. The number of aromatic nitrogens is 3. The fraction of sp³-hybridized carbons (Fsp3) is 0.500. The van der Waals surface area contributed by atoms with Gasteiger partial charge in [0.2, 0.25) is 0 Å². The van der Waals surface area contributed by atoms with Crippen molar-refractivity contribution in [2.75, 3.05) is 0 Å². The normalized spacial score (nSPS) is 21.8. The van der Waals surface area contributed by atoms with Gasteiger partial charge in [0.1, 0.15) is 5.56 Å². The van der Waals surface area contributed by atoms with Crippen LogP contribution in [0.3, 0.4) is 0 Å². The molecule has 0 bridgehead atoms. The molecule has 3 rings (SSSR count). The van der Waals surface area contributed by atoms with Gasteiger partial charge in [0, 0.05) is 24.0 Å². The van der Waals surface area contributed by atoms with Crippen LogP contribution in [-0.2, 0) is 0 Å². The Kier molecular flexibility index (Phi) is 4.80. The Labute approximate surface area is 129 Å². The number of carbonyl (C=O) groups excluding carboxylic acids is 1. The Morgan fingerprint density at radius 2 is 2.10 bits per heavy atom. The molecule has 2 aromatic heterocycles. The molecule has 7 heteroatoms.